The summed E-state index contributed by atoms with van der Waals surface area (Å²) in [5.74, 6) is 0.669. The van der Waals surface area contributed by atoms with Crippen LogP contribution in [-0.2, 0) is 25.5 Å². The maximum absolute atomic E-state index is 13.1. The second-order valence-electron chi connectivity index (χ2n) is 7.64. The molecule has 1 saturated heterocycles. The van der Waals surface area contributed by atoms with E-state index in [0.29, 0.717) is 24.6 Å². The van der Waals surface area contributed by atoms with Gasteiger partial charge in [-0.2, -0.15) is 9.29 Å². The van der Waals surface area contributed by atoms with Gasteiger partial charge in [-0.25, -0.2) is 21.6 Å². The topological polar surface area (TPSA) is 135 Å². The molecule has 29 heavy (non-hydrogen) atoms. The average Bonchev–Trinajstić information content (AvgIpc) is 3.35. The number of sulfonamides is 2. The van der Waals surface area contributed by atoms with Crippen molar-refractivity contribution < 1.29 is 21.4 Å². The fourth-order valence-corrected chi connectivity index (χ4v) is 6.79. The Balaban J connectivity index is 1.67. The summed E-state index contributed by atoms with van der Waals surface area (Å²) in [6.45, 7) is 3.69. The molecule has 10 nitrogen and oxygen atoms in total. The van der Waals surface area contributed by atoms with Crippen LogP contribution in [0.4, 0.5) is 0 Å². The molecule has 0 radical (unpaired) electrons. The quantitative estimate of drug-likeness (QED) is 0.682. The largest absolute Gasteiger partial charge is 0.339 e. The molecule has 1 aliphatic heterocycles. The second-order valence-corrected chi connectivity index (χ2v) is 11.6. The van der Waals surface area contributed by atoms with Gasteiger partial charge in [0.25, 0.3) is 0 Å². The molecule has 3 heterocycles. The van der Waals surface area contributed by atoms with Crippen molar-refractivity contribution in [1.29, 1.82) is 0 Å². The first-order valence-electron chi connectivity index (χ1n) is 9.37. The molecule has 3 atom stereocenters. The van der Waals surface area contributed by atoms with E-state index in [2.05, 4.69) is 19.8 Å². The molecule has 0 amide bonds. The van der Waals surface area contributed by atoms with Gasteiger partial charge in [0, 0.05) is 31.5 Å². The number of pyridine rings is 1. The highest BCUT2D eigenvalue weighted by Gasteiger charge is 2.59. The molecule has 2 aliphatic rings. The van der Waals surface area contributed by atoms with Crippen LogP contribution >= 0.6 is 0 Å². The summed E-state index contributed by atoms with van der Waals surface area (Å²) in [5, 5.41) is 3.87. The lowest BCUT2D eigenvalue weighted by atomic mass is 9.80. The standard InChI is InChI=1S/C17H23N5O5S2/c1-3-28(23,24)21-14-7-13-10-22(29(25,26)15-5-4-6-18-9-15)11-17(13,8-14)16-19-12(2)20-27-16/h4-6,9,13-14,21H,3,7-8,10-11H2,1-2H3/t13-,14+,17-/m0/s1. The number of aryl methyl sites for hydroxylation is 1. The first kappa shape index (κ1) is 20.4. The average molecular weight is 442 g/mol. The van der Waals surface area contributed by atoms with Crippen LogP contribution < -0.4 is 4.72 Å². The Labute approximate surface area is 169 Å². The predicted octanol–water partition coefficient (Wildman–Crippen LogP) is 0.433. The Morgan fingerprint density at radius 3 is 2.76 bits per heavy atom. The van der Waals surface area contributed by atoms with Gasteiger partial charge < -0.3 is 4.52 Å². The number of hydrogen-bond acceptors (Lipinski definition) is 8. The van der Waals surface area contributed by atoms with Crippen molar-refractivity contribution in [2.45, 2.75) is 43.0 Å². The van der Waals surface area contributed by atoms with Gasteiger partial charge in [0.1, 0.15) is 4.90 Å². The number of fused-ring (bicyclic) bond motifs is 1. The van der Waals surface area contributed by atoms with E-state index in [-0.39, 0.29) is 35.7 Å². The van der Waals surface area contributed by atoms with Crippen molar-refractivity contribution in [2.24, 2.45) is 5.92 Å². The minimum absolute atomic E-state index is 0.0116. The molecular formula is C17H23N5O5S2. The highest BCUT2D eigenvalue weighted by molar-refractivity contribution is 7.89. The number of nitrogens with one attached hydrogen (secondary N) is 1. The smallest absolute Gasteiger partial charge is 0.244 e. The van der Waals surface area contributed by atoms with Crippen LogP contribution in [0.15, 0.2) is 33.9 Å². The lowest BCUT2D eigenvalue weighted by Crippen LogP contribution is -2.39. The molecule has 4 rings (SSSR count). The van der Waals surface area contributed by atoms with Gasteiger partial charge in [0.15, 0.2) is 5.82 Å². The van der Waals surface area contributed by atoms with Gasteiger partial charge in [-0.1, -0.05) is 5.16 Å². The zero-order valence-electron chi connectivity index (χ0n) is 16.1. The van der Waals surface area contributed by atoms with Gasteiger partial charge in [-0.05, 0) is 44.7 Å². The Bertz CT molecular complexity index is 1100. The minimum Gasteiger partial charge on any atom is -0.339 e. The molecule has 2 aromatic heterocycles. The highest BCUT2D eigenvalue weighted by atomic mass is 32.2. The van der Waals surface area contributed by atoms with Crippen LogP contribution in [0.1, 0.15) is 31.5 Å². The summed E-state index contributed by atoms with van der Waals surface area (Å²) in [4.78, 5) is 8.41. The fourth-order valence-electron chi connectivity index (χ4n) is 4.41. The van der Waals surface area contributed by atoms with Crippen molar-refractivity contribution in [3.05, 3.63) is 36.2 Å². The van der Waals surface area contributed by atoms with Gasteiger partial charge >= 0.3 is 0 Å². The van der Waals surface area contributed by atoms with Crippen molar-refractivity contribution >= 4 is 20.0 Å². The molecule has 0 unspecified atom stereocenters. The van der Waals surface area contributed by atoms with Gasteiger partial charge in [-0.15, -0.1) is 0 Å². The van der Waals surface area contributed by atoms with E-state index >= 15 is 0 Å². The monoisotopic (exact) mass is 441 g/mol. The lowest BCUT2D eigenvalue weighted by molar-refractivity contribution is 0.259. The third kappa shape index (κ3) is 3.58. The van der Waals surface area contributed by atoms with E-state index in [1.807, 2.05) is 0 Å². The summed E-state index contributed by atoms with van der Waals surface area (Å²) in [5.41, 5.74) is -0.725. The third-order valence-electron chi connectivity index (χ3n) is 5.80. The van der Waals surface area contributed by atoms with E-state index in [0.717, 1.165) is 0 Å². The first-order valence-corrected chi connectivity index (χ1v) is 12.5. The molecule has 0 aromatic carbocycles. The Kier molecular flexibility index (Phi) is 5.00. The summed E-state index contributed by atoms with van der Waals surface area (Å²) >= 11 is 0. The molecular weight excluding hydrogens is 418 g/mol. The zero-order valence-corrected chi connectivity index (χ0v) is 17.8. The molecule has 1 N–H and O–H groups in total. The van der Waals surface area contributed by atoms with Gasteiger partial charge in [-0.3, -0.25) is 4.98 Å². The summed E-state index contributed by atoms with van der Waals surface area (Å²) < 4.78 is 59.9. The molecule has 1 saturated carbocycles. The number of nitrogens with zero attached hydrogens (tertiary/aromatic N) is 4. The maximum atomic E-state index is 13.1. The van der Waals surface area contributed by atoms with E-state index < -0.39 is 25.5 Å². The molecule has 2 aromatic rings. The van der Waals surface area contributed by atoms with Crippen LogP contribution in [0.25, 0.3) is 0 Å². The molecule has 12 heteroatoms. The summed E-state index contributed by atoms with van der Waals surface area (Å²) in [6, 6.07) is 2.79. The van der Waals surface area contributed by atoms with E-state index in [1.54, 1.807) is 19.9 Å². The van der Waals surface area contributed by atoms with Crippen LogP contribution in [0.5, 0.6) is 0 Å². The SMILES string of the molecule is CCS(=O)(=O)N[C@@H]1C[C@H]2CN(S(=O)(=O)c3cccnc3)C[C@@]2(c2nc(C)no2)C1. The molecule has 158 valence electrons. The second kappa shape index (κ2) is 7.11. The normalized spacial score (nSPS) is 27.9. The predicted molar refractivity (Wildman–Crippen MR) is 103 cm³/mol. The summed E-state index contributed by atoms with van der Waals surface area (Å²) in [7, 11) is -7.11. The van der Waals surface area contributed by atoms with Gasteiger partial charge in [0.05, 0.1) is 11.2 Å². The van der Waals surface area contributed by atoms with Crippen LogP contribution in [0.2, 0.25) is 0 Å². The maximum Gasteiger partial charge on any atom is 0.244 e. The third-order valence-corrected chi connectivity index (χ3v) is 9.04. The van der Waals surface area contributed by atoms with Crippen molar-refractivity contribution in [3.63, 3.8) is 0 Å². The molecule has 0 spiro atoms. The van der Waals surface area contributed by atoms with Crippen LogP contribution in [0, 0.1) is 12.8 Å². The Hall–Kier alpha value is -1.89. The van der Waals surface area contributed by atoms with Gasteiger partial charge in [0.2, 0.25) is 25.9 Å². The lowest BCUT2D eigenvalue weighted by Gasteiger charge is -2.25. The zero-order chi connectivity index (χ0) is 20.9. The number of rotatable bonds is 6. The van der Waals surface area contributed by atoms with Crippen molar-refractivity contribution in [2.75, 3.05) is 18.8 Å². The van der Waals surface area contributed by atoms with Crippen molar-refractivity contribution in [1.82, 2.24) is 24.2 Å². The van der Waals surface area contributed by atoms with E-state index in [4.69, 9.17) is 4.52 Å². The van der Waals surface area contributed by atoms with E-state index in [9.17, 15) is 16.8 Å². The summed E-state index contributed by atoms with van der Waals surface area (Å²) in [6.07, 6.45) is 3.74. The molecule has 0 bridgehead atoms. The Morgan fingerprint density at radius 2 is 2.14 bits per heavy atom. The molecule has 2 fully saturated rings. The number of aromatic nitrogens is 3. The van der Waals surface area contributed by atoms with E-state index in [1.165, 1.54) is 22.8 Å². The minimum atomic E-state index is -3.74. The number of hydrogen-bond donors (Lipinski definition) is 1. The fraction of sp³-hybridized carbons (Fsp3) is 0.588. The first-order chi connectivity index (χ1) is 13.7. The molecule has 1 aliphatic carbocycles. The highest BCUT2D eigenvalue weighted by Crippen LogP contribution is 2.51. The van der Waals surface area contributed by atoms with Crippen LogP contribution in [-0.4, -0.2) is 61.1 Å². The van der Waals surface area contributed by atoms with Crippen molar-refractivity contribution in [3.8, 4) is 0 Å². The van der Waals surface area contributed by atoms with Crippen LogP contribution in [0.3, 0.4) is 0 Å². The Morgan fingerprint density at radius 1 is 1.34 bits per heavy atom.